The molecule has 2 rings (SSSR count). The van der Waals surface area contributed by atoms with Gasteiger partial charge in [0.05, 0.1) is 18.3 Å². The second-order valence-electron chi connectivity index (χ2n) is 4.95. The first-order chi connectivity index (χ1) is 7.45. The molecule has 0 fully saturated rings. The lowest BCUT2D eigenvalue weighted by Crippen LogP contribution is -2.29. The topological polar surface area (TPSA) is 56.1 Å². The van der Waals surface area contributed by atoms with Crippen molar-refractivity contribution < 1.29 is 9.53 Å². The summed E-state index contributed by atoms with van der Waals surface area (Å²) in [6, 6.07) is 0. The Kier molecular flexibility index (Phi) is 2.50. The molecule has 1 aliphatic rings. The molecule has 1 aromatic rings. The molecule has 0 radical (unpaired) electrons. The van der Waals surface area contributed by atoms with E-state index in [1.807, 2.05) is 20.8 Å². The van der Waals surface area contributed by atoms with Crippen molar-refractivity contribution in [1.29, 1.82) is 0 Å². The van der Waals surface area contributed by atoms with Gasteiger partial charge in [-0.25, -0.2) is 4.79 Å². The van der Waals surface area contributed by atoms with Crippen molar-refractivity contribution in [1.82, 2.24) is 15.1 Å². The van der Waals surface area contributed by atoms with E-state index < -0.39 is 0 Å². The molecule has 1 aromatic heterocycles. The standard InChI is InChI=1S/C11H17N3O2/c1-11(2,3)14-9(10(15)16-4)7-5-12-6-8(7)13-14/h12H,5-6H2,1-4H3. The second-order valence-corrected chi connectivity index (χ2v) is 4.95. The maximum Gasteiger partial charge on any atom is 0.356 e. The normalized spacial score (nSPS) is 15.0. The smallest absolute Gasteiger partial charge is 0.356 e. The van der Waals surface area contributed by atoms with Gasteiger partial charge in [-0.05, 0) is 20.8 Å². The predicted octanol–water partition coefficient (Wildman–Crippen LogP) is 1.03. The Bertz CT molecular complexity index is 429. The van der Waals surface area contributed by atoms with Crippen molar-refractivity contribution in [3.8, 4) is 0 Å². The van der Waals surface area contributed by atoms with E-state index >= 15 is 0 Å². The summed E-state index contributed by atoms with van der Waals surface area (Å²) >= 11 is 0. The van der Waals surface area contributed by atoms with E-state index in [-0.39, 0.29) is 11.5 Å². The molecule has 0 unspecified atom stereocenters. The average Bonchev–Trinajstić information content (AvgIpc) is 2.73. The Morgan fingerprint density at radius 2 is 2.12 bits per heavy atom. The van der Waals surface area contributed by atoms with E-state index in [1.54, 1.807) is 4.68 Å². The molecule has 0 saturated heterocycles. The van der Waals surface area contributed by atoms with Crippen molar-refractivity contribution in [2.45, 2.75) is 39.4 Å². The molecule has 16 heavy (non-hydrogen) atoms. The van der Waals surface area contributed by atoms with E-state index in [1.165, 1.54) is 7.11 Å². The lowest BCUT2D eigenvalue weighted by molar-refractivity contribution is 0.0576. The van der Waals surface area contributed by atoms with Gasteiger partial charge in [-0.3, -0.25) is 4.68 Å². The predicted molar refractivity (Wildman–Crippen MR) is 59.1 cm³/mol. The number of nitrogens with one attached hydrogen (secondary N) is 1. The highest BCUT2D eigenvalue weighted by Gasteiger charge is 2.31. The molecule has 1 N–H and O–H groups in total. The first-order valence-corrected chi connectivity index (χ1v) is 5.35. The lowest BCUT2D eigenvalue weighted by atomic mass is 10.1. The molecule has 0 aromatic carbocycles. The van der Waals surface area contributed by atoms with Gasteiger partial charge in [0.1, 0.15) is 0 Å². The zero-order chi connectivity index (χ0) is 11.9. The SMILES string of the molecule is COC(=O)c1c2c(nn1C(C)(C)C)CNC2. The Morgan fingerprint density at radius 1 is 1.44 bits per heavy atom. The Morgan fingerprint density at radius 3 is 2.69 bits per heavy atom. The molecular formula is C11H17N3O2. The third-order valence-corrected chi connectivity index (χ3v) is 2.68. The molecule has 0 atom stereocenters. The fourth-order valence-electron chi connectivity index (χ4n) is 1.92. The molecule has 88 valence electrons. The van der Waals surface area contributed by atoms with Crippen LogP contribution in [-0.4, -0.2) is 22.9 Å². The highest BCUT2D eigenvalue weighted by atomic mass is 16.5. The zero-order valence-corrected chi connectivity index (χ0v) is 10.1. The van der Waals surface area contributed by atoms with Gasteiger partial charge >= 0.3 is 5.97 Å². The number of carbonyl (C=O) groups is 1. The van der Waals surface area contributed by atoms with Crippen LogP contribution in [0.3, 0.4) is 0 Å². The molecule has 0 aliphatic carbocycles. The number of nitrogens with zero attached hydrogens (tertiary/aromatic N) is 2. The largest absolute Gasteiger partial charge is 0.464 e. The Balaban J connectivity index is 2.58. The van der Waals surface area contributed by atoms with E-state index in [4.69, 9.17) is 4.74 Å². The minimum Gasteiger partial charge on any atom is -0.464 e. The lowest BCUT2D eigenvalue weighted by Gasteiger charge is -2.22. The molecule has 0 saturated carbocycles. The van der Waals surface area contributed by atoms with Crippen molar-refractivity contribution in [3.05, 3.63) is 17.0 Å². The van der Waals surface area contributed by atoms with E-state index in [2.05, 4.69) is 10.4 Å². The van der Waals surface area contributed by atoms with Gasteiger partial charge in [-0.15, -0.1) is 0 Å². The minimum absolute atomic E-state index is 0.214. The van der Waals surface area contributed by atoms with Gasteiger partial charge in [0.25, 0.3) is 0 Å². The van der Waals surface area contributed by atoms with Crippen LogP contribution in [0.5, 0.6) is 0 Å². The van der Waals surface area contributed by atoms with Gasteiger partial charge < -0.3 is 10.1 Å². The fourth-order valence-corrected chi connectivity index (χ4v) is 1.92. The van der Waals surface area contributed by atoms with Crippen LogP contribution in [0.25, 0.3) is 0 Å². The van der Waals surface area contributed by atoms with Gasteiger partial charge in [0, 0.05) is 18.7 Å². The van der Waals surface area contributed by atoms with Crippen molar-refractivity contribution in [3.63, 3.8) is 0 Å². The number of hydrogen-bond donors (Lipinski definition) is 1. The monoisotopic (exact) mass is 223 g/mol. The third-order valence-electron chi connectivity index (χ3n) is 2.68. The molecule has 5 nitrogen and oxygen atoms in total. The third kappa shape index (κ3) is 1.61. The van der Waals surface area contributed by atoms with Crippen molar-refractivity contribution >= 4 is 5.97 Å². The quantitative estimate of drug-likeness (QED) is 0.722. The van der Waals surface area contributed by atoms with E-state index in [9.17, 15) is 4.79 Å². The van der Waals surface area contributed by atoms with Crippen LogP contribution in [0.15, 0.2) is 0 Å². The molecule has 5 heteroatoms. The van der Waals surface area contributed by atoms with E-state index in [0.717, 1.165) is 17.8 Å². The molecule has 1 aliphatic heterocycles. The first-order valence-electron chi connectivity index (χ1n) is 5.35. The highest BCUT2D eigenvalue weighted by Crippen LogP contribution is 2.25. The summed E-state index contributed by atoms with van der Waals surface area (Å²) in [4.78, 5) is 11.8. The van der Waals surface area contributed by atoms with Gasteiger partial charge in [0.15, 0.2) is 5.69 Å². The van der Waals surface area contributed by atoms with Gasteiger partial charge in [-0.2, -0.15) is 5.10 Å². The number of aromatic nitrogens is 2. The first kappa shape index (κ1) is 11.1. The van der Waals surface area contributed by atoms with Crippen LogP contribution >= 0.6 is 0 Å². The van der Waals surface area contributed by atoms with Gasteiger partial charge in [-0.1, -0.05) is 0 Å². The number of esters is 1. The molecule has 0 bridgehead atoms. The number of ether oxygens (including phenoxy) is 1. The summed E-state index contributed by atoms with van der Waals surface area (Å²) in [6.07, 6.45) is 0. The van der Waals surface area contributed by atoms with E-state index in [0.29, 0.717) is 12.2 Å². The second kappa shape index (κ2) is 3.59. The van der Waals surface area contributed by atoms with Crippen LogP contribution in [0.4, 0.5) is 0 Å². The summed E-state index contributed by atoms with van der Waals surface area (Å²) in [5, 5.41) is 7.67. The summed E-state index contributed by atoms with van der Waals surface area (Å²) < 4.78 is 6.60. The highest BCUT2D eigenvalue weighted by molar-refractivity contribution is 5.89. The summed E-state index contributed by atoms with van der Waals surface area (Å²) in [5.74, 6) is -0.313. The molecular weight excluding hydrogens is 206 g/mol. The summed E-state index contributed by atoms with van der Waals surface area (Å²) in [6.45, 7) is 7.48. The summed E-state index contributed by atoms with van der Waals surface area (Å²) in [5.41, 5.74) is 2.29. The molecule has 0 spiro atoms. The Hall–Kier alpha value is -1.36. The number of hydrogen-bond acceptors (Lipinski definition) is 4. The zero-order valence-electron chi connectivity index (χ0n) is 10.1. The maximum atomic E-state index is 11.8. The fraction of sp³-hybridized carbons (Fsp3) is 0.636. The number of methoxy groups -OCH3 is 1. The van der Waals surface area contributed by atoms with Crippen molar-refractivity contribution in [2.75, 3.05) is 7.11 Å². The van der Waals surface area contributed by atoms with Crippen molar-refractivity contribution in [2.24, 2.45) is 0 Å². The number of fused-ring (bicyclic) bond motifs is 1. The maximum absolute atomic E-state index is 11.8. The van der Waals surface area contributed by atoms with Gasteiger partial charge in [0.2, 0.25) is 0 Å². The molecule has 0 amide bonds. The van der Waals surface area contributed by atoms with Crippen LogP contribution in [0.1, 0.15) is 42.5 Å². The summed E-state index contributed by atoms with van der Waals surface area (Å²) in [7, 11) is 1.40. The number of carbonyl (C=O) groups excluding carboxylic acids is 1. The van der Waals surface area contributed by atoms with Crippen LogP contribution in [0, 0.1) is 0 Å². The average molecular weight is 223 g/mol. The minimum atomic E-state index is -0.313. The van der Waals surface area contributed by atoms with Crippen LogP contribution < -0.4 is 5.32 Å². The van der Waals surface area contributed by atoms with Crippen LogP contribution in [0.2, 0.25) is 0 Å². The Labute approximate surface area is 94.8 Å². The number of rotatable bonds is 1. The van der Waals surface area contributed by atoms with Crippen LogP contribution in [-0.2, 0) is 23.4 Å². The molecule has 2 heterocycles.